The molecule has 0 radical (unpaired) electrons. The molecule has 1 aromatic carbocycles. The van der Waals surface area contributed by atoms with Crippen LogP contribution in [0.2, 0.25) is 0 Å². The number of pyridine rings is 1. The molecule has 0 fully saturated rings. The number of hydrogen-bond donors (Lipinski definition) is 1. The van der Waals surface area contributed by atoms with Crippen LogP contribution in [0.15, 0.2) is 52.4 Å². The van der Waals surface area contributed by atoms with Crippen LogP contribution in [-0.2, 0) is 10.0 Å². The van der Waals surface area contributed by atoms with Gasteiger partial charge in [-0.3, -0.25) is 0 Å². The second-order valence-electron chi connectivity index (χ2n) is 3.60. The van der Waals surface area contributed by atoms with Gasteiger partial charge in [-0.25, -0.2) is 18.5 Å². The standard InChI is InChI=1S/C12H12N2O3S2/c1-18-10-6-3-2-5-9(10)17-12-11(19(13,15)16)7-4-8-14-12/h2-8H,1H3,(H2,13,15,16). The van der Waals surface area contributed by atoms with E-state index in [1.54, 1.807) is 12.1 Å². The summed E-state index contributed by atoms with van der Waals surface area (Å²) >= 11 is 1.49. The van der Waals surface area contributed by atoms with Gasteiger partial charge in [-0.2, -0.15) is 0 Å². The minimum atomic E-state index is -3.87. The molecule has 2 N–H and O–H groups in total. The SMILES string of the molecule is CSc1ccccc1Oc1ncccc1S(N)(=O)=O. The summed E-state index contributed by atoms with van der Waals surface area (Å²) in [5.41, 5.74) is 0. The van der Waals surface area contributed by atoms with Gasteiger partial charge in [0.2, 0.25) is 15.9 Å². The largest absolute Gasteiger partial charge is 0.436 e. The van der Waals surface area contributed by atoms with Crippen molar-refractivity contribution >= 4 is 21.8 Å². The number of primary sulfonamides is 1. The van der Waals surface area contributed by atoms with Crippen molar-refractivity contribution in [2.45, 2.75) is 9.79 Å². The molecule has 0 spiro atoms. The Balaban J connectivity index is 2.45. The average molecular weight is 296 g/mol. The molecule has 0 saturated heterocycles. The van der Waals surface area contributed by atoms with Gasteiger partial charge in [0.25, 0.3) is 0 Å². The molecule has 0 aliphatic carbocycles. The van der Waals surface area contributed by atoms with Crippen molar-refractivity contribution in [2.75, 3.05) is 6.26 Å². The Kier molecular flexibility index (Phi) is 4.08. The lowest BCUT2D eigenvalue weighted by Gasteiger charge is -2.10. The molecule has 0 amide bonds. The van der Waals surface area contributed by atoms with Crippen LogP contribution >= 0.6 is 11.8 Å². The lowest BCUT2D eigenvalue weighted by molar-refractivity contribution is 0.437. The quantitative estimate of drug-likeness (QED) is 0.875. The lowest BCUT2D eigenvalue weighted by Crippen LogP contribution is -2.13. The van der Waals surface area contributed by atoms with Crippen LogP contribution in [0.25, 0.3) is 0 Å². The minimum absolute atomic E-state index is 0.0218. The number of thioether (sulfide) groups is 1. The van der Waals surface area contributed by atoms with Crippen molar-refractivity contribution in [1.82, 2.24) is 4.98 Å². The molecule has 0 bridgehead atoms. The molecule has 100 valence electrons. The third-order valence-electron chi connectivity index (χ3n) is 2.32. The number of hydrogen-bond acceptors (Lipinski definition) is 5. The predicted octanol–water partition coefficient (Wildman–Crippen LogP) is 2.24. The fourth-order valence-corrected chi connectivity index (χ4v) is 2.61. The van der Waals surface area contributed by atoms with Crippen LogP contribution in [0.3, 0.4) is 0 Å². The monoisotopic (exact) mass is 296 g/mol. The van der Waals surface area contributed by atoms with Crippen molar-refractivity contribution in [1.29, 1.82) is 0 Å². The van der Waals surface area contributed by atoms with E-state index in [2.05, 4.69) is 4.98 Å². The summed E-state index contributed by atoms with van der Waals surface area (Å²) in [5.74, 6) is 0.519. The lowest BCUT2D eigenvalue weighted by atomic mass is 10.3. The highest BCUT2D eigenvalue weighted by molar-refractivity contribution is 7.98. The van der Waals surface area contributed by atoms with E-state index in [0.29, 0.717) is 5.75 Å². The van der Waals surface area contributed by atoms with Crippen molar-refractivity contribution < 1.29 is 13.2 Å². The number of sulfonamides is 1. The molecule has 7 heteroatoms. The van der Waals surface area contributed by atoms with Crippen LogP contribution in [0.5, 0.6) is 11.6 Å². The van der Waals surface area contributed by atoms with Gasteiger partial charge in [0.1, 0.15) is 10.6 Å². The molecule has 19 heavy (non-hydrogen) atoms. The molecule has 5 nitrogen and oxygen atoms in total. The number of para-hydroxylation sites is 1. The molecule has 0 atom stereocenters. The van der Waals surface area contributed by atoms with E-state index in [9.17, 15) is 8.42 Å². The molecule has 2 aromatic rings. The zero-order valence-corrected chi connectivity index (χ0v) is 11.7. The molecule has 0 aliphatic rings. The first kappa shape index (κ1) is 13.9. The minimum Gasteiger partial charge on any atom is -0.436 e. The van der Waals surface area contributed by atoms with Gasteiger partial charge in [0.15, 0.2) is 0 Å². The third-order valence-corrected chi connectivity index (χ3v) is 4.02. The maximum absolute atomic E-state index is 11.5. The number of rotatable bonds is 4. The zero-order chi connectivity index (χ0) is 13.9. The Morgan fingerprint density at radius 2 is 1.95 bits per heavy atom. The van der Waals surface area contributed by atoms with Gasteiger partial charge in [-0.05, 0) is 30.5 Å². The summed E-state index contributed by atoms with van der Waals surface area (Å²) in [6, 6.07) is 10.1. The summed E-state index contributed by atoms with van der Waals surface area (Å²) in [5, 5.41) is 5.13. The Morgan fingerprint density at radius 1 is 1.21 bits per heavy atom. The predicted molar refractivity (Wildman–Crippen MR) is 73.9 cm³/mol. The van der Waals surface area contributed by atoms with E-state index in [1.807, 2.05) is 18.4 Å². The van der Waals surface area contributed by atoms with Crippen molar-refractivity contribution in [3.8, 4) is 11.6 Å². The Labute approximate surface area is 115 Å². The van der Waals surface area contributed by atoms with E-state index in [4.69, 9.17) is 9.88 Å². The van der Waals surface area contributed by atoms with Crippen LogP contribution < -0.4 is 9.88 Å². The normalized spacial score (nSPS) is 11.3. The third kappa shape index (κ3) is 3.25. The summed E-state index contributed by atoms with van der Waals surface area (Å²) in [4.78, 5) is 4.67. The highest BCUT2D eigenvalue weighted by Gasteiger charge is 2.17. The zero-order valence-electron chi connectivity index (χ0n) is 10.1. The number of aromatic nitrogens is 1. The number of ether oxygens (including phenoxy) is 1. The van der Waals surface area contributed by atoms with Gasteiger partial charge in [0, 0.05) is 11.1 Å². The second kappa shape index (κ2) is 5.60. The molecule has 1 heterocycles. The van der Waals surface area contributed by atoms with Gasteiger partial charge in [-0.1, -0.05) is 12.1 Å². The van der Waals surface area contributed by atoms with E-state index in [0.717, 1.165) is 4.90 Å². The van der Waals surface area contributed by atoms with Crippen molar-refractivity contribution in [3.05, 3.63) is 42.6 Å². The van der Waals surface area contributed by atoms with E-state index in [1.165, 1.54) is 30.1 Å². The summed E-state index contributed by atoms with van der Waals surface area (Å²) in [6.45, 7) is 0. The van der Waals surface area contributed by atoms with E-state index >= 15 is 0 Å². The van der Waals surface area contributed by atoms with Gasteiger partial charge in [-0.15, -0.1) is 11.8 Å². The summed E-state index contributed by atoms with van der Waals surface area (Å²) in [7, 11) is -3.87. The van der Waals surface area contributed by atoms with Crippen LogP contribution in [-0.4, -0.2) is 19.7 Å². The fourth-order valence-electron chi connectivity index (χ4n) is 1.48. The van der Waals surface area contributed by atoms with Crippen LogP contribution in [0, 0.1) is 0 Å². The summed E-state index contributed by atoms with van der Waals surface area (Å²) < 4.78 is 28.5. The van der Waals surface area contributed by atoms with E-state index < -0.39 is 10.0 Å². The van der Waals surface area contributed by atoms with E-state index in [-0.39, 0.29) is 10.8 Å². The molecule has 0 aliphatic heterocycles. The molecule has 0 unspecified atom stereocenters. The van der Waals surface area contributed by atoms with Gasteiger partial charge < -0.3 is 4.74 Å². The van der Waals surface area contributed by atoms with Gasteiger partial charge in [0.05, 0.1) is 0 Å². The maximum Gasteiger partial charge on any atom is 0.243 e. The Hall–Kier alpha value is -1.57. The maximum atomic E-state index is 11.5. The summed E-state index contributed by atoms with van der Waals surface area (Å²) in [6.07, 6.45) is 3.35. The highest BCUT2D eigenvalue weighted by Crippen LogP contribution is 2.32. The second-order valence-corrected chi connectivity index (χ2v) is 5.98. The van der Waals surface area contributed by atoms with Crippen molar-refractivity contribution in [3.63, 3.8) is 0 Å². The first-order valence-electron chi connectivity index (χ1n) is 5.31. The van der Waals surface area contributed by atoms with Crippen LogP contribution in [0.1, 0.15) is 0 Å². The molecular weight excluding hydrogens is 284 g/mol. The first-order chi connectivity index (χ1) is 9.02. The molecular formula is C12H12N2O3S2. The molecule has 1 aromatic heterocycles. The Morgan fingerprint density at radius 3 is 2.63 bits per heavy atom. The Bertz CT molecular complexity index is 687. The number of nitrogens with two attached hydrogens (primary N) is 1. The molecule has 0 saturated carbocycles. The van der Waals surface area contributed by atoms with Crippen LogP contribution in [0.4, 0.5) is 0 Å². The smallest absolute Gasteiger partial charge is 0.243 e. The average Bonchev–Trinajstić information content (AvgIpc) is 2.39. The fraction of sp³-hybridized carbons (Fsp3) is 0.0833. The number of benzene rings is 1. The first-order valence-corrected chi connectivity index (χ1v) is 8.08. The van der Waals surface area contributed by atoms with Crippen molar-refractivity contribution in [2.24, 2.45) is 5.14 Å². The number of nitrogens with zero attached hydrogens (tertiary/aromatic N) is 1. The topological polar surface area (TPSA) is 82.3 Å². The van der Waals surface area contributed by atoms with Gasteiger partial charge >= 0.3 is 0 Å². The highest BCUT2D eigenvalue weighted by atomic mass is 32.2. The molecule has 2 rings (SSSR count).